The van der Waals surface area contributed by atoms with Gasteiger partial charge < -0.3 is 14.9 Å². The summed E-state index contributed by atoms with van der Waals surface area (Å²) >= 11 is 0. The molecule has 5 heteroatoms. The molecule has 0 aliphatic heterocycles. The van der Waals surface area contributed by atoms with Gasteiger partial charge in [-0.15, -0.1) is 0 Å². The molecule has 5 nitrogen and oxygen atoms in total. The lowest BCUT2D eigenvalue weighted by molar-refractivity contribution is -0.181. The zero-order valence-electron chi connectivity index (χ0n) is 19.2. The van der Waals surface area contributed by atoms with Gasteiger partial charge in [-0.05, 0) is 92.8 Å². The van der Waals surface area contributed by atoms with Gasteiger partial charge >= 0.3 is 11.9 Å². The third-order valence-electron chi connectivity index (χ3n) is 9.86. The highest BCUT2D eigenvalue weighted by Gasteiger charge is 2.68. The van der Waals surface area contributed by atoms with Crippen molar-refractivity contribution in [3.05, 3.63) is 0 Å². The Balaban J connectivity index is 1.55. The Hall–Kier alpha value is -1.10. The molecule has 4 aliphatic rings. The molecule has 0 amide bonds. The second-order valence-electron chi connectivity index (χ2n) is 12.1. The summed E-state index contributed by atoms with van der Waals surface area (Å²) in [6.07, 6.45) is 8.90. The van der Waals surface area contributed by atoms with Crippen molar-refractivity contribution >= 4 is 11.9 Å². The van der Waals surface area contributed by atoms with Crippen LogP contribution in [0.25, 0.3) is 0 Å². The first kappa shape index (κ1) is 22.1. The van der Waals surface area contributed by atoms with Crippen LogP contribution in [0.1, 0.15) is 91.9 Å². The van der Waals surface area contributed by atoms with Gasteiger partial charge in [0.05, 0.1) is 5.41 Å². The highest BCUT2D eigenvalue weighted by atomic mass is 16.5. The monoisotopic (exact) mass is 420 g/mol. The Labute approximate surface area is 180 Å². The van der Waals surface area contributed by atoms with E-state index >= 15 is 0 Å². The third kappa shape index (κ3) is 3.22. The average molecular weight is 421 g/mol. The van der Waals surface area contributed by atoms with Crippen molar-refractivity contribution in [2.24, 2.45) is 39.9 Å². The van der Waals surface area contributed by atoms with Crippen molar-refractivity contribution in [3.8, 4) is 0 Å². The van der Waals surface area contributed by atoms with E-state index in [-0.39, 0.29) is 41.2 Å². The summed E-state index contributed by atoms with van der Waals surface area (Å²) in [5.74, 6) is 0.260. The fraction of sp³-hybridized carbons (Fsp3) is 0.920. The van der Waals surface area contributed by atoms with Gasteiger partial charge in [0.15, 0.2) is 0 Å². The van der Waals surface area contributed by atoms with Crippen molar-refractivity contribution in [1.29, 1.82) is 0 Å². The number of aliphatic carboxylic acids is 1. The highest BCUT2D eigenvalue weighted by Crippen LogP contribution is 2.72. The molecule has 0 heterocycles. The molecule has 170 valence electrons. The van der Waals surface area contributed by atoms with Gasteiger partial charge in [-0.3, -0.25) is 9.59 Å². The Morgan fingerprint density at radius 2 is 1.80 bits per heavy atom. The molecule has 0 radical (unpaired) electrons. The first-order chi connectivity index (χ1) is 14.0. The maximum Gasteiger partial charge on any atom is 0.309 e. The molecule has 2 N–H and O–H groups in total. The van der Waals surface area contributed by atoms with Crippen LogP contribution in [0.15, 0.2) is 0 Å². The molecule has 4 aliphatic carbocycles. The van der Waals surface area contributed by atoms with Gasteiger partial charge in [-0.2, -0.15) is 0 Å². The van der Waals surface area contributed by atoms with Gasteiger partial charge in [-0.25, -0.2) is 0 Å². The van der Waals surface area contributed by atoms with Crippen LogP contribution in [0.2, 0.25) is 0 Å². The van der Waals surface area contributed by atoms with E-state index < -0.39 is 17.0 Å². The molecule has 4 rings (SSSR count). The molecule has 0 aromatic heterocycles. The van der Waals surface area contributed by atoms with E-state index in [1.807, 2.05) is 20.8 Å². The first-order valence-electron chi connectivity index (χ1n) is 12.1. The predicted octanol–water partition coefficient (Wildman–Crippen LogP) is 4.80. The number of rotatable bonds is 5. The number of hydrogen-bond donors (Lipinski definition) is 2. The Morgan fingerprint density at radius 1 is 1.07 bits per heavy atom. The second kappa shape index (κ2) is 7.21. The van der Waals surface area contributed by atoms with Crippen LogP contribution < -0.4 is 0 Å². The summed E-state index contributed by atoms with van der Waals surface area (Å²) in [5, 5.41) is 21.6. The molecular weight excluding hydrogens is 380 g/mol. The third-order valence-corrected chi connectivity index (χ3v) is 9.86. The van der Waals surface area contributed by atoms with E-state index in [1.165, 1.54) is 0 Å². The number of carboxylic acids is 1. The lowest BCUT2D eigenvalue weighted by atomic mass is 9.41. The summed E-state index contributed by atoms with van der Waals surface area (Å²) in [6.45, 7) is 8.43. The molecule has 2 unspecified atom stereocenters. The number of carboxylic acid groups (broad SMARTS) is 1. The number of hydrogen-bond acceptors (Lipinski definition) is 4. The van der Waals surface area contributed by atoms with Crippen molar-refractivity contribution in [3.63, 3.8) is 0 Å². The minimum atomic E-state index is -0.921. The molecule has 30 heavy (non-hydrogen) atoms. The Morgan fingerprint density at radius 3 is 2.47 bits per heavy atom. The SMILES string of the molecule is CC(C)CC(=O)OCC1(O)C[C@@]23CC[C@H]4[C@@](C)(CCC[C@]4(C)C(=O)O)[C@@H]2CCC1C3. The van der Waals surface area contributed by atoms with Crippen LogP contribution >= 0.6 is 0 Å². The topological polar surface area (TPSA) is 83.8 Å². The largest absolute Gasteiger partial charge is 0.481 e. The molecule has 2 bridgehead atoms. The summed E-state index contributed by atoms with van der Waals surface area (Å²) in [5.41, 5.74) is -1.46. The van der Waals surface area contributed by atoms with E-state index in [9.17, 15) is 19.8 Å². The maximum atomic E-state index is 12.2. The van der Waals surface area contributed by atoms with Gasteiger partial charge in [0.25, 0.3) is 0 Å². The van der Waals surface area contributed by atoms with Crippen LogP contribution in [-0.2, 0) is 14.3 Å². The van der Waals surface area contributed by atoms with Crippen molar-refractivity contribution in [2.75, 3.05) is 6.61 Å². The molecule has 4 saturated carbocycles. The van der Waals surface area contributed by atoms with Gasteiger partial charge in [0.2, 0.25) is 0 Å². The van der Waals surface area contributed by atoms with Crippen LogP contribution in [-0.4, -0.2) is 34.4 Å². The summed E-state index contributed by atoms with van der Waals surface area (Å²) in [6, 6.07) is 0. The molecule has 0 aromatic carbocycles. The summed E-state index contributed by atoms with van der Waals surface area (Å²) in [4.78, 5) is 24.3. The van der Waals surface area contributed by atoms with Crippen molar-refractivity contribution in [2.45, 2.75) is 97.5 Å². The lowest BCUT2D eigenvalue weighted by Crippen LogP contribution is -2.58. The number of ether oxygens (including phenoxy) is 1. The molecule has 4 fully saturated rings. The Kier molecular flexibility index (Phi) is 5.32. The number of carbonyl (C=O) groups is 2. The Bertz CT molecular complexity index is 718. The van der Waals surface area contributed by atoms with Gasteiger partial charge in [0.1, 0.15) is 12.2 Å². The molecular formula is C25H40O5. The van der Waals surface area contributed by atoms with Gasteiger partial charge in [0, 0.05) is 6.42 Å². The van der Waals surface area contributed by atoms with Crippen LogP contribution in [0.3, 0.4) is 0 Å². The van der Waals surface area contributed by atoms with Crippen molar-refractivity contribution < 1.29 is 24.5 Å². The lowest BCUT2D eigenvalue weighted by Gasteiger charge is -2.63. The van der Waals surface area contributed by atoms with Crippen molar-refractivity contribution in [1.82, 2.24) is 0 Å². The second-order valence-corrected chi connectivity index (χ2v) is 12.1. The number of aliphatic hydroxyl groups is 1. The fourth-order valence-corrected chi connectivity index (χ4v) is 8.64. The van der Waals surface area contributed by atoms with Crippen LogP contribution in [0.4, 0.5) is 0 Å². The quantitative estimate of drug-likeness (QED) is 0.624. The smallest absolute Gasteiger partial charge is 0.309 e. The molecule has 0 aromatic rings. The molecule has 0 saturated heterocycles. The molecule has 7 atom stereocenters. The van der Waals surface area contributed by atoms with E-state index in [0.717, 1.165) is 51.4 Å². The molecule has 1 spiro atoms. The van der Waals surface area contributed by atoms with E-state index in [4.69, 9.17) is 4.74 Å². The highest BCUT2D eigenvalue weighted by molar-refractivity contribution is 5.75. The predicted molar refractivity (Wildman–Crippen MR) is 114 cm³/mol. The zero-order chi connectivity index (χ0) is 21.9. The minimum Gasteiger partial charge on any atom is -0.481 e. The van der Waals surface area contributed by atoms with E-state index in [2.05, 4.69) is 6.92 Å². The number of fused-ring (bicyclic) bond motifs is 3. The van der Waals surface area contributed by atoms with Gasteiger partial charge in [-0.1, -0.05) is 27.2 Å². The summed E-state index contributed by atoms with van der Waals surface area (Å²) < 4.78 is 5.55. The zero-order valence-corrected chi connectivity index (χ0v) is 19.2. The van der Waals surface area contributed by atoms with E-state index in [1.54, 1.807) is 0 Å². The number of esters is 1. The fourth-order valence-electron chi connectivity index (χ4n) is 8.64. The normalized spacial score (nSPS) is 47.5. The standard InChI is InChI=1S/C25H40O5/c1-16(2)12-20(26)30-15-25(29)14-24-11-8-18-22(3,19(24)7-6-17(25)13-24)9-5-10-23(18,4)21(27)28/h16-19,29H,5-15H2,1-4H3,(H,27,28)/t17?,18-,19-,22+,23-,24-,25?/m0/s1. The van der Waals surface area contributed by atoms with E-state index in [0.29, 0.717) is 18.8 Å². The maximum absolute atomic E-state index is 12.2. The summed E-state index contributed by atoms with van der Waals surface area (Å²) in [7, 11) is 0. The average Bonchev–Trinajstić information content (AvgIpc) is 2.85. The first-order valence-corrected chi connectivity index (χ1v) is 12.1. The minimum absolute atomic E-state index is 0.0220. The van der Waals surface area contributed by atoms with Crippen LogP contribution in [0.5, 0.6) is 0 Å². The van der Waals surface area contributed by atoms with Crippen LogP contribution in [0, 0.1) is 39.9 Å². The number of carbonyl (C=O) groups excluding carboxylic acids is 1.